The number of thiophene rings is 1. The molecule has 0 atom stereocenters. The number of thioether (sulfide) groups is 1. The Morgan fingerprint density at radius 1 is 1.31 bits per heavy atom. The fourth-order valence-corrected chi connectivity index (χ4v) is 3.08. The Balaban J connectivity index is 1.49. The summed E-state index contributed by atoms with van der Waals surface area (Å²) in [6.45, 7) is 1.85. The molecule has 0 aliphatic rings. The van der Waals surface area contributed by atoms with Crippen molar-refractivity contribution in [1.82, 2.24) is 5.32 Å². The van der Waals surface area contributed by atoms with Crippen molar-refractivity contribution in [3.8, 4) is 0 Å². The van der Waals surface area contributed by atoms with Gasteiger partial charge in [0.1, 0.15) is 5.76 Å². The molecule has 0 aliphatic carbocycles. The second-order valence-electron chi connectivity index (χ2n) is 3.39. The molecule has 0 spiro atoms. The third-order valence-corrected chi connectivity index (χ3v) is 4.19. The average molecular weight is 253 g/mol. The molecule has 0 aliphatic heterocycles. The van der Waals surface area contributed by atoms with E-state index in [0.717, 1.165) is 30.4 Å². The van der Waals surface area contributed by atoms with Gasteiger partial charge >= 0.3 is 0 Å². The van der Waals surface area contributed by atoms with Crippen molar-refractivity contribution < 1.29 is 4.42 Å². The maximum atomic E-state index is 5.23. The maximum absolute atomic E-state index is 5.23. The monoisotopic (exact) mass is 253 g/mol. The van der Waals surface area contributed by atoms with E-state index in [9.17, 15) is 0 Å². The van der Waals surface area contributed by atoms with Crippen molar-refractivity contribution in [1.29, 1.82) is 0 Å². The SMILES string of the molecule is c1coc(CNCCSCc2cccs2)c1. The van der Waals surface area contributed by atoms with E-state index in [1.54, 1.807) is 6.26 Å². The van der Waals surface area contributed by atoms with E-state index in [1.807, 2.05) is 35.2 Å². The lowest BCUT2D eigenvalue weighted by atomic mass is 10.4. The summed E-state index contributed by atoms with van der Waals surface area (Å²) in [5, 5.41) is 5.49. The van der Waals surface area contributed by atoms with E-state index in [-0.39, 0.29) is 0 Å². The number of hydrogen-bond acceptors (Lipinski definition) is 4. The van der Waals surface area contributed by atoms with Crippen molar-refractivity contribution in [3.05, 3.63) is 46.5 Å². The molecule has 4 heteroatoms. The molecule has 2 aromatic rings. The second kappa shape index (κ2) is 6.78. The van der Waals surface area contributed by atoms with Crippen LogP contribution in [0.25, 0.3) is 0 Å². The zero-order valence-corrected chi connectivity index (χ0v) is 10.7. The van der Waals surface area contributed by atoms with Crippen molar-refractivity contribution in [2.75, 3.05) is 12.3 Å². The minimum Gasteiger partial charge on any atom is -0.468 e. The van der Waals surface area contributed by atoms with Crippen LogP contribution >= 0.6 is 23.1 Å². The van der Waals surface area contributed by atoms with Crippen molar-refractivity contribution >= 4 is 23.1 Å². The van der Waals surface area contributed by atoms with Gasteiger partial charge in [0.25, 0.3) is 0 Å². The zero-order valence-electron chi connectivity index (χ0n) is 9.02. The molecular weight excluding hydrogens is 238 g/mol. The van der Waals surface area contributed by atoms with Gasteiger partial charge in [0.05, 0.1) is 12.8 Å². The largest absolute Gasteiger partial charge is 0.468 e. The van der Waals surface area contributed by atoms with Crippen LogP contribution < -0.4 is 5.32 Å². The third kappa shape index (κ3) is 4.04. The van der Waals surface area contributed by atoms with Crippen LogP contribution in [0.2, 0.25) is 0 Å². The van der Waals surface area contributed by atoms with E-state index in [4.69, 9.17) is 4.42 Å². The molecule has 0 amide bonds. The van der Waals surface area contributed by atoms with Gasteiger partial charge < -0.3 is 9.73 Å². The minimum atomic E-state index is 0.826. The molecule has 2 nitrogen and oxygen atoms in total. The van der Waals surface area contributed by atoms with Crippen LogP contribution in [-0.2, 0) is 12.3 Å². The molecule has 2 rings (SSSR count). The Hall–Kier alpha value is -0.710. The van der Waals surface area contributed by atoms with Crippen molar-refractivity contribution in [3.63, 3.8) is 0 Å². The summed E-state index contributed by atoms with van der Waals surface area (Å²) in [7, 11) is 0. The van der Waals surface area contributed by atoms with E-state index in [0.29, 0.717) is 0 Å². The summed E-state index contributed by atoms with van der Waals surface area (Å²) >= 11 is 3.79. The maximum Gasteiger partial charge on any atom is 0.117 e. The van der Waals surface area contributed by atoms with E-state index in [1.165, 1.54) is 4.88 Å². The summed E-state index contributed by atoms with van der Waals surface area (Å²) in [4.78, 5) is 1.45. The highest BCUT2D eigenvalue weighted by atomic mass is 32.2. The summed E-state index contributed by atoms with van der Waals surface area (Å²) in [5.74, 6) is 3.27. The lowest BCUT2D eigenvalue weighted by Gasteiger charge is -2.02. The Morgan fingerprint density at radius 3 is 3.06 bits per heavy atom. The smallest absolute Gasteiger partial charge is 0.117 e. The van der Waals surface area contributed by atoms with Gasteiger partial charge in [0, 0.05) is 22.9 Å². The number of nitrogens with one attached hydrogen (secondary N) is 1. The fourth-order valence-electron chi connectivity index (χ4n) is 1.34. The van der Waals surface area contributed by atoms with Crippen LogP contribution in [0.1, 0.15) is 10.6 Å². The first kappa shape index (κ1) is 11.8. The van der Waals surface area contributed by atoms with E-state index < -0.39 is 0 Å². The van der Waals surface area contributed by atoms with Gasteiger partial charge in [-0.3, -0.25) is 0 Å². The molecule has 0 aromatic carbocycles. The Morgan fingerprint density at radius 2 is 2.31 bits per heavy atom. The third-order valence-electron chi connectivity index (χ3n) is 2.13. The molecule has 0 saturated heterocycles. The Kier molecular flexibility index (Phi) is 4.99. The fraction of sp³-hybridized carbons (Fsp3) is 0.333. The highest BCUT2D eigenvalue weighted by molar-refractivity contribution is 7.98. The van der Waals surface area contributed by atoms with Crippen molar-refractivity contribution in [2.24, 2.45) is 0 Å². The molecule has 0 fully saturated rings. The van der Waals surface area contributed by atoms with Gasteiger partial charge in [0.15, 0.2) is 0 Å². The molecule has 0 unspecified atom stereocenters. The van der Waals surface area contributed by atoms with Gasteiger partial charge in [0.2, 0.25) is 0 Å². The summed E-state index contributed by atoms with van der Waals surface area (Å²) in [6, 6.07) is 8.21. The molecule has 0 radical (unpaired) electrons. The quantitative estimate of drug-likeness (QED) is 0.766. The first-order chi connectivity index (χ1) is 7.95. The number of rotatable bonds is 7. The Bertz CT molecular complexity index is 331. The van der Waals surface area contributed by atoms with Crippen LogP contribution in [0, 0.1) is 0 Å². The van der Waals surface area contributed by atoms with Crippen LogP contribution in [0.5, 0.6) is 0 Å². The minimum absolute atomic E-state index is 0.826. The lowest BCUT2D eigenvalue weighted by Crippen LogP contribution is -2.16. The predicted octanol–water partition coefficient (Wildman–Crippen LogP) is 3.36. The molecular formula is C12H15NOS2. The van der Waals surface area contributed by atoms with Gasteiger partial charge in [-0.2, -0.15) is 11.8 Å². The van der Waals surface area contributed by atoms with Crippen LogP contribution in [0.15, 0.2) is 40.3 Å². The first-order valence-electron chi connectivity index (χ1n) is 5.28. The van der Waals surface area contributed by atoms with Gasteiger partial charge in [-0.05, 0) is 23.6 Å². The van der Waals surface area contributed by atoms with Gasteiger partial charge in [-0.15, -0.1) is 11.3 Å². The molecule has 0 saturated carbocycles. The molecule has 2 heterocycles. The number of hydrogen-bond donors (Lipinski definition) is 1. The average Bonchev–Trinajstić information content (AvgIpc) is 2.96. The first-order valence-corrected chi connectivity index (χ1v) is 7.32. The summed E-state index contributed by atoms with van der Waals surface area (Å²) in [5.41, 5.74) is 0. The number of furan rings is 1. The summed E-state index contributed by atoms with van der Waals surface area (Å²) in [6.07, 6.45) is 1.71. The van der Waals surface area contributed by atoms with Crippen LogP contribution in [0.4, 0.5) is 0 Å². The highest BCUT2D eigenvalue weighted by Gasteiger charge is 1.96. The highest BCUT2D eigenvalue weighted by Crippen LogP contribution is 2.16. The van der Waals surface area contributed by atoms with Crippen LogP contribution in [-0.4, -0.2) is 12.3 Å². The Labute approximate surface area is 104 Å². The molecule has 0 bridgehead atoms. The van der Waals surface area contributed by atoms with E-state index in [2.05, 4.69) is 22.8 Å². The molecule has 86 valence electrons. The zero-order chi connectivity index (χ0) is 11.1. The molecule has 16 heavy (non-hydrogen) atoms. The normalized spacial score (nSPS) is 10.8. The topological polar surface area (TPSA) is 25.2 Å². The predicted molar refractivity (Wildman–Crippen MR) is 70.9 cm³/mol. The van der Waals surface area contributed by atoms with Crippen molar-refractivity contribution in [2.45, 2.75) is 12.3 Å². The molecule has 1 N–H and O–H groups in total. The van der Waals surface area contributed by atoms with Crippen LogP contribution in [0.3, 0.4) is 0 Å². The standard InChI is InChI=1S/C12H15NOS2/c1-3-11(14-6-1)9-13-5-8-15-10-12-4-2-7-16-12/h1-4,6-7,13H,5,8-10H2. The lowest BCUT2D eigenvalue weighted by molar-refractivity contribution is 0.488. The molecule has 2 aromatic heterocycles. The summed E-state index contributed by atoms with van der Waals surface area (Å²) < 4.78 is 5.23. The van der Waals surface area contributed by atoms with Gasteiger partial charge in [-0.25, -0.2) is 0 Å². The van der Waals surface area contributed by atoms with E-state index >= 15 is 0 Å². The second-order valence-corrected chi connectivity index (χ2v) is 5.53. The van der Waals surface area contributed by atoms with Gasteiger partial charge in [-0.1, -0.05) is 6.07 Å².